The number of aromatic nitrogens is 2. The van der Waals surface area contributed by atoms with Crippen molar-refractivity contribution in [3.05, 3.63) is 75.7 Å². The van der Waals surface area contributed by atoms with Crippen molar-refractivity contribution in [3.63, 3.8) is 0 Å². The van der Waals surface area contributed by atoms with E-state index < -0.39 is 0 Å². The maximum Gasteiger partial charge on any atom is 0.258 e. The van der Waals surface area contributed by atoms with Gasteiger partial charge in [0, 0.05) is 36.1 Å². The van der Waals surface area contributed by atoms with Crippen LogP contribution in [0.5, 0.6) is 5.75 Å². The molecule has 1 saturated heterocycles. The minimum atomic E-state index is 0.00555. The van der Waals surface area contributed by atoms with Crippen LogP contribution in [0, 0.1) is 13.8 Å². The summed E-state index contributed by atoms with van der Waals surface area (Å²) in [5, 5.41) is 0.539. The molecular weight excluding hydrogens is 410 g/mol. The second-order valence-electron chi connectivity index (χ2n) is 8.55. The third kappa shape index (κ3) is 3.57. The van der Waals surface area contributed by atoms with E-state index in [1.807, 2.05) is 55.4 Å². The van der Waals surface area contributed by atoms with E-state index in [-0.39, 0.29) is 18.1 Å². The van der Waals surface area contributed by atoms with Crippen molar-refractivity contribution in [1.29, 1.82) is 0 Å². The second-order valence-corrected chi connectivity index (χ2v) is 8.93. The number of hydrogen-bond donors (Lipinski definition) is 0. The standard InChI is InChI=1S/C25H24ClN3O2/c1-14-4-6-18(12-27-14)22-7-5-17(11-28-22)9-19-10-21-24(23(26)16(19)3)31-20-8-15(2)29(13-20)25(21)30/h4-7,10-12,15,20H,8-9,13H2,1-3H3/t15-,20?/m0/s1. The maximum atomic E-state index is 13.2. The van der Waals surface area contributed by atoms with Crippen molar-refractivity contribution >= 4 is 17.5 Å². The van der Waals surface area contributed by atoms with Gasteiger partial charge in [0.2, 0.25) is 0 Å². The van der Waals surface area contributed by atoms with E-state index in [9.17, 15) is 4.79 Å². The van der Waals surface area contributed by atoms with E-state index in [1.54, 1.807) is 0 Å². The first-order valence-corrected chi connectivity index (χ1v) is 11.0. The van der Waals surface area contributed by atoms with Gasteiger partial charge in [-0.15, -0.1) is 0 Å². The van der Waals surface area contributed by atoms with Crippen LogP contribution in [-0.2, 0) is 6.42 Å². The summed E-state index contributed by atoms with van der Waals surface area (Å²) in [5.41, 5.74) is 6.43. The zero-order valence-electron chi connectivity index (χ0n) is 17.9. The van der Waals surface area contributed by atoms with Crippen LogP contribution in [0.2, 0.25) is 5.02 Å². The zero-order valence-corrected chi connectivity index (χ0v) is 18.6. The molecule has 158 valence electrons. The topological polar surface area (TPSA) is 55.3 Å². The van der Waals surface area contributed by atoms with Crippen molar-refractivity contribution < 1.29 is 9.53 Å². The molecule has 1 unspecified atom stereocenters. The van der Waals surface area contributed by atoms with Crippen molar-refractivity contribution in [2.75, 3.05) is 6.54 Å². The highest BCUT2D eigenvalue weighted by atomic mass is 35.5. The van der Waals surface area contributed by atoms with Crippen molar-refractivity contribution in [2.45, 2.75) is 45.8 Å². The SMILES string of the molecule is Cc1ccc(-c2ccc(Cc3cc4c(c(Cl)c3C)OC3C[C@H](C)N(C3)C4=O)cn2)cn1. The summed E-state index contributed by atoms with van der Waals surface area (Å²) < 4.78 is 6.17. The minimum Gasteiger partial charge on any atom is -0.486 e. The van der Waals surface area contributed by atoms with Crippen molar-refractivity contribution in [2.24, 2.45) is 0 Å². The summed E-state index contributed by atoms with van der Waals surface area (Å²) in [4.78, 5) is 24.0. The molecule has 31 heavy (non-hydrogen) atoms. The number of halogens is 1. The first kappa shape index (κ1) is 20.0. The van der Waals surface area contributed by atoms with Gasteiger partial charge in [0.1, 0.15) is 6.10 Å². The molecule has 4 heterocycles. The Hall–Kier alpha value is -2.92. The highest BCUT2D eigenvalue weighted by Crippen LogP contribution is 2.41. The minimum absolute atomic E-state index is 0.00555. The molecule has 2 aliphatic heterocycles. The van der Waals surface area contributed by atoms with Gasteiger partial charge in [0.25, 0.3) is 5.91 Å². The fraction of sp³-hybridized carbons (Fsp3) is 0.320. The fourth-order valence-electron chi connectivity index (χ4n) is 4.45. The third-order valence-corrected chi connectivity index (χ3v) is 6.77. The van der Waals surface area contributed by atoms with Gasteiger partial charge < -0.3 is 9.64 Å². The molecular formula is C25H24ClN3O2. The van der Waals surface area contributed by atoms with E-state index in [0.717, 1.165) is 40.1 Å². The lowest BCUT2D eigenvalue weighted by Gasteiger charge is -2.23. The summed E-state index contributed by atoms with van der Waals surface area (Å²) in [5.74, 6) is 0.540. The summed E-state index contributed by atoms with van der Waals surface area (Å²) in [6.07, 6.45) is 5.21. The predicted molar refractivity (Wildman–Crippen MR) is 121 cm³/mol. The second kappa shape index (κ2) is 7.65. The molecule has 0 saturated carbocycles. The highest BCUT2D eigenvalue weighted by molar-refractivity contribution is 6.33. The summed E-state index contributed by atoms with van der Waals surface area (Å²) in [6, 6.07) is 10.2. The zero-order chi connectivity index (χ0) is 21.7. The summed E-state index contributed by atoms with van der Waals surface area (Å²) in [6.45, 7) is 6.64. The van der Waals surface area contributed by atoms with Gasteiger partial charge in [-0.3, -0.25) is 14.8 Å². The van der Waals surface area contributed by atoms with E-state index in [2.05, 4.69) is 23.0 Å². The number of fused-ring (bicyclic) bond motifs is 3. The van der Waals surface area contributed by atoms with E-state index in [0.29, 0.717) is 29.3 Å². The van der Waals surface area contributed by atoms with Crippen LogP contribution in [0.25, 0.3) is 11.3 Å². The number of aryl methyl sites for hydroxylation is 1. The molecule has 2 bridgehead atoms. The monoisotopic (exact) mass is 433 g/mol. The summed E-state index contributed by atoms with van der Waals surface area (Å²) >= 11 is 6.69. The van der Waals surface area contributed by atoms with Gasteiger partial charge in [-0.1, -0.05) is 17.7 Å². The first-order chi connectivity index (χ1) is 14.9. The molecule has 3 aromatic rings. The molecule has 2 aromatic heterocycles. The van der Waals surface area contributed by atoms with Crippen LogP contribution >= 0.6 is 11.6 Å². The number of hydrogen-bond acceptors (Lipinski definition) is 4. The molecule has 1 amide bonds. The Labute approximate surface area is 187 Å². The first-order valence-electron chi connectivity index (χ1n) is 10.6. The quantitative estimate of drug-likeness (QED) is 0.583. The fourth-order valence-corrected chi connectivity index (χ4v) is 4.71. The number of carbonyl (C=O) groups is 1. The van der Waals surface area contributed by atoms with Crippen molar-refractivity contribution in [1.82, 2.24) is 14.9 Å². The van der Waals surface area contributed by atoms with Crippen molar-refractivity contribution in [3.8, 4) is 17.0 Å². The largest absolute Gasteiger partial charge is 0.486 e. The lowest BCUT2D eigenvalue weighted by atomic mass is 9.97. The van der Waals surface area contributed by atoms with Gasteiger partial charge in [0.15, 0.2) is 5.75 Å². The normalized spacial score (nSPS) is 19.7. The number of ether oxygens (including phenoxy) is 1. The molecule has 2 aliphatic rings. The Bertz CT molecular complexity index is 1160. The number of nitrogens with zero attached hydrogens (tertiary/aromatic N) is 3. The van der Waals surface area contributed by atoms with Gasteiger partial charge in [-0.05, 0) is 68.1 Å². The number of amides is 1. The van der Waals surface area contributed by atoms with Gasteiger partial charge in [0.05, 0.1) is 22.8 Å². The molecule has 0 spiro atoms. The molecule has 0 aliphatic carbocycles. The lowest BCUT2D eigenvalue weighted by Crippen LogP contribution is -2.33. The van der Waals surface area contributed by atoms with E-state index in [4.69, 9.17) is 16.3 Å². The highest BCUT2D eigenvalue weighted by Gasteiger charge is 2.40. The van der Waals surface area contributed by atoms with Crippen LogP contribution in [0.1, 0.15) is 46.1 Å². The number of carbonyl (C=O) groups excluding carboxylic acids is 1. The van der Waals surface area contributed by atoms with E-state index in [1.165, 1.54) is 0 Å². The maximum absolute atomic E-state index is 13.2. The van der Waals surface area contributed by atoms with Crippen LogP contribution in [0.4, 0.5) is 0 Å². The Balaban J connectivity index is 1.46. The third-order valence-electron chi connectivity index (χ3n) is 6.31. The Morgan fingerprint density at radius 1 is 1.16 bits per heavy atom. The molecule has 1 aromatic carbocycles. The average Bonchev–Trinajstić information content (AvgIpc) is 3.07. The van der Waals surface area contributed by atoms with Crippen LogP contribution < -0.4 is 4.74 Å². The molecule has 6 heteroatoms. The number of rotatable bonds is 3. The van der Waals surface area contributed by atoms with Gasteiger partial charge >= 0.3 is 0 Å². The number of benzene rings is 1. The summed E-state index contributed by atoms with van der Waals surface area (Å²) in [7, 11) is 0. The molecule has 0 radical (unpaired) electrons. The lowest BCUT2D eigenvalue weighted by molar-refractivity contribution is 0.0748. The Morgan fingerprint density at radius 2 is 2.00 bits per heavy atom. The smallest absolute Gasteiger partial charge is 0.258 e. The number of pyridine rings is 2. The van der Waals surface area contributed by atoms with Crippen LogP contribution in [-0.4, -0.2) is 39.5 Å². The van der Waals surface area contributed by atoms with E-state index >= 15 is 0 Å². The van der Waals surface area contributed by atoms with Crippen LogP contribution in [0.15, 0.2) is 42.7 Å². The Kier molecular flexibility index (Phi) is 4.94. The Morgan fingerprint density at radius 3 is 2.71 bits per heavy atom. The molecule has 1 fully saturated rings. The molecule has 5 rings (SSSR count). The van der Waals surface area contributed by atoms with Gasteiger partial charge in [-0.25, -0.2) is 0 Å². The molecule has 0 N–H and O–H groups in total. The van der Waals surface area contributed by atoms with Gasteiger partial charge in [-0.2, -0.15) is 0 Å². The molecule has 5 nitrogen and oxygen atoms in total. The average molecular weight is 434 g/mol. The molecule has 2 atom stereocenters. The van der Waals surface area contributed by atoms with Crippen LogP contribution in [0.3, 0.4) is 0 Å². The predicted octanol–water partition coefficient (Wildman–Crippen LogP) is 5.00.